The molecule has 0 aliphatic carbocycles. The highest BCUT2D eigenvalue weighted by atomic mass is 35.5. The zero-order valence-electron chi connectivity index (χ0n) is 17.6. The van der Waals surface area contributed by atoms with Gasteiger partial charge in [-0.2, -0.15) is 0 Å². The van der Waals surface area contributed by atoms with E-state index in [0.717, 1.165) is 11.1 Å². The number of nitrogens with zero attached hydrogens (tertiary/aromatic N) is 1. The monoisotopic (exact) mass is 464 g/mol. The number of benzene rings is 2. The first-order chi connectivity index (χ1) is 14.9. The first-order valence-electron chi connectivity index (χ1n) is 10.3. The Bertz CT molecular complexity index is 951. The van der Waals surface area contributed by atoms with E-state index in [2.05, 4.69) is 5.32 Å². The normalized spacial score (nSPS) is 13.4. The molecule has 2 amide bonds. The molecule has 1 aliphatic heterocycles. The Labute approximate surface area is 192 Å². The molecule has 31 heavy (non-hydrogen) atoms. The Kier molecular flexibility index (Phi) is 8.04. The van der Waals surface area contributed by atoms with Crippen LogP contribution in [-0.2, 0) is 22.6 Å². The van der Waals surface area contributed by atoms with Crippen LogP contribution in [0.4, 0.5) is 0 Å². The molecule has 2 aromatic carbocycles. The Morgan fingerprint density at radius 2 is 1.84 bits per heavy atom. The summed E-state index contributed by atoms with van der Waals surface area (Å²) >= 11 is 12.3. The summed E-state index contributed by atoms with van der Waals surface area (Å²) < 4.78 is 11.2. The quantitative estimate of drug-likeness (QED) is 0.633. The third-order valence-corrected chi connectivity index (χ3v) is 5.81. The Morgan fingerprint density at radius 3 is 2.52 bits per heavy atom. The Morgan fingerprint density at radius 1 is 1.10 bits per heavy atom. The van der Waals surface area contributed by atoms with Crippen molar-refractivity contribution in [1.29, 1.82) is 0 Å². The number of likely N-dealkylation sites (N-methyl/N-ethyl adjacent to an activating group) is 1. The number of carbonyl (C=O) groups excluding carboxylic acids is 2. The number of rotatable bonds is 8. The molecule has 0 unspecified atom stereocenters. The van der Waals surface area contributed by atoms with Gasteiger partial charge in [0.05, 0.1) is 0 Å². The molecule has 0 radical (unpaired) electrons. The lowest BCUT2D eigenvalue weighted by Crippen LogP contribution is -2.48. The topological polar surface area (TPSA) is 67.9 Å². The number of aryl methyl sites for hydroxylation is 1. The molecule has 1 aliphatic rings. The summed E-state index contributed by atoms with van der Waals surface area (Å²) in [5.74, 6) is 1.07. The maximum Gasteiger partial charge on any atom is 0.242 e. The molecule has 1 N–H and O–H groups in total. The zero-order chi connectivity index (χ0) is 22.4. The number of hydrogen-bond donors (Lipinski definition) is 1. The van der Waals surface area contributed by atoms with Crippen molar-refractivity contribution in [2.24, 2.45) is 0 Å². The van der Waals surface area contributed by atoms with E-state index in [9.17, 15) is 9.59 Å². The molecule has 0 aromatic heterocycles. The van der Waals surface area contributed by atoms with Gasteiger partial charge in [0.1, 0.15) is 19.3 Å². The minimum Gasteiger partial charge on any atom is -0.486 e. The van der Waals surface area contributed by atoms with Gasteiger partial charge in [-0.1, -0.05) is 42.3 Å². The fourth-order valence-corrected chi connectivity index (χ4v) is 4.03. The van der Waals surface area contributed by atoms with Crippen molar-refractivity contribution < 1.29 is 19.1 Å². The summed E-state index contributed by atoms with van der Waals surface area (Å²) in [5, 5.41) is 3.63. The van der Waals surface area contributed by atoms with E-state index in [1.165, 1.54) is 0 Å². The Balaban J connectivity index is 1.77. The van der Waals surface area contributed by atoms with Crippen molar-refractivity contribution in [2.45, 2.75) is 38.8 Å². The fourth-order valence-electron chi connectivity index (χ4n) is 3.56. The van der Waals surface area contributed by atoms with E-state index in [1.807, 2.05) is 25.1 Å². The molecule has 8 heteroatoms. The number of hydrogen-bond acceptors (Lipinski definition) is 4. The van der Waals surface area contributed by atoms with Crippen LogP contribution in [0.1, 0.15) is 30.9 Å². The highest BCUT2D eigenvalue weighted by Crippen LogP contribution is 2.31. The van der Waals surface area contributed by atoms with Crippen LogP contribution in [0.2, 0.25) is 10.0 Å². The van der Waals surface area contributed by atoms with Gasteiger partial charge in [-0.05, 0) is 48.2 Å². The average molecular weight is 465 g/mol. The van der Waals surface area contributed by atoms with E-state index in [4.69, 9.17) is 32.7 Å². The molecule has 2 aromatic rings. The fraction of sp³-hybridized carbons (Fsp3) is 0.391. The number of nitrogens with one attached hydrogen (secondary N) is 1. The summed E-state index contributed by atoms with van der Waals surface area (Å²) in [4.78, 5) is 27.3. The average Bonchev–Trinajstić information content (AvgIpc) is 2.78. The van der Waals surface area contributed by atoms with Crippen molar-refractivity contribution in [3.63, 3.8) is 0 Å². The van der Waals surface area contributed by atoms with Gasteiger partial charge in [0, 0.05) is 30.1 Å². The van der Waals surface area contributed by atoms with E-state index >= 15 is 0 Å². The number of carbonyl (C=O) groups is 2. The maximum atomic E-state index is 13.2. The van der Waals surface area contributed by atoms with Crippen LogP contribution in [-0.4, -0.2) is 43.0 Å². The SMILES string of the molecule is CC[C@@H](C(=O)NC)N(Cc1ccc(Cl)cc1Cl)C(=O)CCc1ccc2c(c1)OCCO2. The van der Waals surface area contributed by atoms with E-state index in [0.29, 0.717) is 47.6 Å². The minimum absolute atomic E-state index is 0.128. The van der Waals surface area contributed by atoms with Gasteiger partial charge >= 0.3 is 0 Å². The van der Waals surface area contributed by atoms with Crippen LogP contribution in [0.5, 0.6) is 11.5 Å². The standard InChI is InChI=1S/C23H26Cl2N2O4/c1-3-19(23(29)26-2)27(14-16-6-7-17(24)13-18(16)25)22(28)9-5-15-4-8-20-21(12-15)31-11-10-30-20/h4,6-8,12-13,19H,3,5,9-11,14H2,1-2H3,(H,26,29)/t19-/m0/s1. The highest BCUT2D eigenvalue weighted by Gasteiger charge is 2.28. The summed E-state index contributed by atoms with van der Waals surface area (Å²) in [5.41, 5.74) is 1.70. The van der Waals surface area contributed by atoms with Crippen molar-refractivity contribution >= 4 is 35.0 Å². The lowest BCUT2D eigenvalue weighted by Gasteiger charge is -2.30. The third kappa shape index (κ3) is 5.83. The molecule has 0 bridgehead atoms. The third-order valence-electron chi connectivity index (χ3n) is 5.22. The molecule has 0 saturated carbocycles. The second-order valence-electron chi connectivity index (χ2n) is 7.27. The molecule has 0 fully saturated rings. The predicted molar refractivity (Wildman–Crippen MR) is 121 cm³/mol. The molecular formula is C23H26Cl2N2O4. The first-order valence-corrected chi connectivity index (χ1v) is 11.0. The number of ether oxygens (including phenoxy) is 2. The highest BCUT2D eigenvalue weighted by molar-refractivity contribution is 6.35. The Hall–Kier alpha value is -2.44. The van der Waals surface area contributed by atoms with Gasteiger partial charge in [0.2, 0.25) is 11.8 Å². The van der Waals surface area contributed by atoms with Gasteiger partial charge in [-0.25, -0.2) is 0 Å². The molecule has 1 atom stereocenters. The van der Waals surface area contributed by atoms with Gasteiger partial charge in [-0.15, -0.1) is 0 Å². The van der Waals surface area contributed by atoms with Crippen LogP contribution in [0.25, 0.3) is 0 Å². The van der Waals surface area contributed by atoms with Crippen molar-refractivity contribution in [3.05, 3.63) is 57.6 Å². The van der Waals surface area contributed by atoms with Gasteiger partial charge in [0.15, 0.2) is 11.5 Å². The summed E-state index contributed by atoms with van der Waals surface area (Å²) in [7, 11) is 1.57. The molecule has 166 valence electrons. The van der Waals surface area contributed by atoms with Crippen molar-refractivity contribution in [1.82, 2.24) is 10.2 Å². The van der Waals surface area contributed by atoms with Crippen LogP contribution < -0.4 is 14.8 Å². The predicted octanol–water partition coefficient (Wildman–Crippen LogP) is 4.25. The van der Waals surface area contributed by atoms with Gasteiger partial charge in [0.25, 0.3) is 0 Å². The van der Waals surface area contributed by atoms with Crippen LogP contribution in [0, 0.1) is 0 Å². The molecular weight excluding hydrogens is 439 g/mol. The van der Waals surface area contributed by atoms with Crippen LogP contribution in [0.3, 0.4) is 0 Å². The molecule has 6 nitrogen and oxygen atoms in total. The zero-order valence-corrected chi connectivity index (χ0v) is 19.1. The van der Waals surface area contributed by atoms with Crippen molar-refractivity contribution in [2.75, 3.05) is 20.3 Å². The summed E-state index contributed by atoms with van der Waals surface area (Å²) in [6.07, 6.45) is 1.25. The van der Waals surface area contributed by atoms with Crippen LogP contribution >= 0.6 is 23.2 Å². The van der Waals surface area contributed by atoms with E-state index in [-0.39, 0.29) is 24.8 Å². The minimum atomic E-state index is -0.593. The van der Waals surface area contributed by atoms with E-state index < -0.39 is 6.04 Å². The number of amides is 2. The largest absolute Gasteiger partial charge is 0.486 e. The second-order valence-corrected chi connectivity index (χ2v) is 8.12. The van der Waals surface area contributed by atoms with Crippen LogP contribution in [0.15, 0.2) is 36.4 Å². The molecule has 0 spiro atoms. The second kappa shape index (κ2) is 10.7. The van der Waals surface area contributed by atoms with Gasteiger partial charge < -0.3 is 19.7 Å². The summed E-state index contributed by atoms with van der Waals surface area (Å²) in [6, 6.07) is 10.2. The van der Waals surface area contributed by atoms with E-state index in [1.54, 1.807) is 30.1 Å². The number of halogens is 2. The molecule has 1 heterocycles. The van der Waals surface area contributed by atoms with Gasteiger partial charge in [-0.3, -0.25) is 9.59 Å². The van der Waals surface area contributed by atoms with Crippen molar-refractivity contribution in [3.8, 4) is 11.5 Å². The lowest BCUT2D eigenvalue weighted by atomic mass is 10.1. The number of fused-ring (bicyclic) bond motifs is 1. The summed E-state index contributed by atoms with van der Waals surface area (Å²) in [6.45, 7) is 3.15. The smallest absolute Gasteiger partial charge is 0.242 e. The molecule has 0 saturated heterocycles. The lowest BCUT2D eigenvalue weighted by molar-refractivity contribution is -0.141. The maximum absolute atomic E-state index is 13.2. The molecule has 3 rings (SSSR count). The first kappa shape index (κ1) is 23.2.